The topological polar surface area (TPSA) is 55.9 Å². The Balaban J connectivity index is 2.37. The first-order valence-corrected chi connectivity index (χ1v) is 4.91. The molecular formula is C11H13FN4. The van der Waals surface area contributed by atoms with Crippen LogP contribution in [0.3, 0.4) is 0 Å². The Kier molecular flexibility index (Phi) is 2.98. The van der Waals surface area contributed by atoms with Gasteiger partial charge in [-0.25, -0.2) is 14.8 Å². The first-order valence-electron chi connectivity index (χ1n) is 4.91. The van der Waals surface area contributed by atoms with Gasteiger partial charge < -0.3 is 4.57 Å². The molecule has 0 saturated heterocycles. The van der Waals surface area contributed by atoms with E-state index in [1.807, 2.05) is 17.8 Å². The van der Waals surface area contributed by atoms with Crippen LogP contribution in [0.15, 0.2) is 36.7 Å². The highest BCUT2D eigenvalue weighted by molar-refractivity contribution is 5.25. The molecule has 1 heterocycles. The molecule has 2 aromatic rings. The maximum absolute atomic E-state index is 12.8. The third-order valence-electron chi connectivity index (χ3n) is 2.49. The van der Waals surface area contributed by atoms with Crippen molar-refractivity contribution in [2.75, 3.05) is 0 Å². The van der Waals surface area contributed by atoms with Gasteiger partial charge >= 0.3 is 0 Å². The molecule has 0 aliphatic rings. The predicted octanol–water partition coefficient (Wildman–Crippen LogP) is 1.11. The molecule has 1 unspecified atom stereocenters. The Labute approximate surface area is 92.9 Å². The molecule has 0 aliphatic carbocycles. The van der Waals surface area contributed by atoms with Crippen LogP contribution in [-0.2, 0) is 7.05 Å². The summed E-state index contributed by atoms with van der Waals surface area (Å²) < 4.78 is 14.7. The average molecular weight is 220 g/mol. The van der Waals surface area contributed by atoms with Crippen LogP contribution in [-0.4, -0.2) is 9.55 Å². The van der Waals surface area contributed by atoms with E-state index in [4.69, 9.17) is 5.84 Å². The number of rotatable bonds is 3. The van der Waals surface area contributed by atoms with Gasteiger partial charge in [-0.2, -0.15) is 0 Å². The van der Waals surface area contributed by atoms with Crippen molar-refractivity contribution in [2.24, 2.45) is 12.9 Å². The van der Waals surface area contributed by atoms with Gasteiger partial charge in [-0.15, -0.1) is 0 Å². The quantitative estimate of drug-likeness (QED) is 0.602. The van der Waals surface area contributed by atoms with Crippen LogP contribution < -0.4 is 11.3 Å². The van der Waals surface area contributed by atoms with Crippen molar-refractivity contribution in [2.45, 2.75) is 6.04 Å². The summed E-state index contributed by atoms with van der Waals surface area (Å²) in [6.45, 7) is 0. The fourth-order valence-electron chi connectivity index (χ4n) is 1.63. The number of hydrogen-bond donors (Lipinski definition) is 2. The predicted molar refractivity (Wildman–Crippen MR) is 58.8 cm³/mol. The number of hydrazine groups is 1. The van der Waals surface area contributed by atoms with Gasteiger partial charge in [0.2, 0.25) is 0 Å². The molecule has 0 fully saturated rings. The fraction of sp³-hybridized carbons (Fsp3) is 0.182. The summed E-state index contributed by atoms with van der Waals surface area (Å²) in [6, 6.07) is 5.95. The van der Waals surface area contributed by atoms with E-state index < -0.39 is 0 Å². The van der Waals surface area contributed by atoms with Crippen LogP contribution in [0.5, 0.6) is 0 Å². The van der Waals surface area contributed by atoms with E-state index in [2.05, 4.69) is 10.4 Å². The number of nitrogens with zero attached hydrogens (tertiary/aromatic N) is 2. The van der Waals surface area contributed by atoms with Crippen molar-refractivity contribution in [1.82, 2.24) is 15.0 Å². The highest BCUT2D eigenvalue weighted by Gasteiger charge is 2.16. The van der Waals surface area contributed by atoms with Crippen molar-refractivity contribution < 1.29 is 4.39 Å². The second kappa shape index (κ2) is 4.42. The van der Waals surface area contributed by atoms with Crippen molar-refractivity contribution in [3.8, 4) is 0 Å². The molecule has 0 amide bonds. The summed E-state index contributed by atoms with van der Waals surface area (Å²) in [7, 11) is 1.89. The van der Waals surface area contributed by atoms with E-state index in [1.165, 1.54) is 12.1 Å². The molecule has 0 radical (unpaired) electrons. The molecule has 0 aliphatic heterocycles. The minimum atomic E-state index is -0.264. The van der Waals surface area contributed by atoms with E-state index in [0.717, 1.165) is 11.4 Å². The van der Waals surface area contributed by atoms with Gasteiger partial charge in [0.1, 0.15) is 17.7 Å². The average Bonchev–Trinajstić information content (AvgIpc) is 2.69. The Morgan fingerprint density at radius 2 is 2.06 bits per heavy atom. The molecule has 0 spiro atoms. The smallest absolute Gasteiger partial charge is 0.131 e. The number of aromatic nitrogens is 2. The van der Waals surface area contributed by atoms with Gasteiger partial charge in [0, 0.05) is 19.4 Å². The minimum Gasteiger partial charge on any atom is -0.336 e. The van der Waals surface area contributed by atoms with Crippen LogP contribution in [0.25, 0.3) is 0 Å². The summed E-state index contributed by atoms with van der Waals surface area (Å²) in [5.74, 6) is 6.03. The van der Waals surface area contributed by atoms with E-state index in [1.54, 1.807) is 18.3 Å². The third-order valence-corrected chi connectivity index (χ3v) is 2.49. The van der Waals surface area contributed by atoms with Crippen molar-refractivity contribution in [1.29, 1.82) is 0 Å². The van der Waals surface area contributed by atoms with Gasteiger partial charge in [0.05, 0.1) is 0 Å². The number of halogens is 1. The molecule has 0 saturated carbocycles. The van der Waals surface area contributed by atoms with Gasteiger partial charge in [-0.3, -0.25) is 5.84 Å². The highest BCUT2D eigenvalue weighted by Crippen LogP contribution is 2.19. The molecule has 3 N–H and O–H groups in total. The molecule has 84 valence electrons. The normalized spacial score (nSPS) is 12.7. The molecular weight excluding hydrogens is 207 g/mol. The molecule has 1 atom stereocenters. The highest BCUT2D eigenvalue weighted by atomic mass is 19.1. The van der Waals surface area contributed by atoms with Gasteiger partial charge in [-0.05, 0) is 17.7 Å². The van der Waals surface area contributed by atoms with Crippen LogP contribution >= 0.6 is 0 Å². The number of aryl methyl sites for hydroxylation is 1. The summed E-state index contributed by atoms with van der Waals surface area (Å²) in [5, 5.41) is 0. The van der Waals surface area contributed by atoms with Gasteiger partial charge in [0.25, 0.3) is 0 Å². The van der Waals surface area contributed by atoms with Crippen LogP contribution in [0, 0.1) is 5.82 Å². The molecule has 0 bridgehead atoms. The summed E-state index contributed by atoms with van der Waals surface area (Å²) in [4.78, 5) is 4.21. The number of benzene rings is 1. The zero-order valence-corrected chi connectivity index (χ0v) is 8.89. The van der Waals surface area contributed by atoms with E-state index >= 15 is 0 Å². The van der Waals surface area contributed by atoms with Crippen molar-refractivity contribution >= 4 is 0 Å². The lowest BCUT2D eigenvalue weighted by molar-refractivity contribution is 0.576. The summed E-state index contributed by atoms with van der Waals surface area (Å²) >= 11 is 0. The van der Waals surface area contributed by atoms with Gasteiger partial charge in [0.15, 0.2) is 0 Å². The van der Waals surface area contributed by atoms with E-state index in [9.17, 15) is 4.39 Å². The number of nitrogens with two attached hydrogens (primary N) is 1. The zero-order chi connectivity index (χ0) is 11.5. The van der Waals surface area contributed by atoms with E-state index in [0.29, 0.717) is 0 Å². The van der Waals surface area contributed by atoms with Gasteiger partial charge in [-0.1, -0.05) is 12.1 Å². The Morgan fingerprint density at radius 3 is 2.56 bits per heavy atom. The van der Waals surface area contributed by atoms with Crippen molar-refractivity contribution in [3.05, 3.63) is 53.9 Å². The second-order valence-corrected chi connectivity index (χ2v) is 3.55. The SMILES string of the molecule is Cn1ccnc1C(NN)c1ccc(F)cc1. The first kappa shape index (κ1) is 10.8. The number of hydrogen-bond acceptors (Lipinski definition) is 3. The molecule has 4 nitrogen and oxygen atoms in total. The summed E-state index contributed by atoms with van der Waals surface area (Å²) in [5.41, 5.74) is 3.55. The molecule has 1 aromatic heterocycles. The monoisotopic (exact) mass is 220 g/mol. The van der Waals surface area contributed by atoms with E-state index in [-0.39, 0.29) is 11.9 Å². The largest absolute Gasteiger partial charge is 0.336 e. The Hall–Kier alpha value is -1.72. The summed E-state index contributed by atoms with van der Waals surface area (Å²) in [6.07, 6.45) is 3.53. The molecule has 1 aromatic carbocycles. The number of imidazole rings is 1. The molecule has 16 heavy (non-hydrogen) atoms. The second-order valence-electron chi connectivity index (χ2n) is 3.55. The molecule has 2 rings (SSSR count). The minimum absolute atomic E-state index is 0.236. The molecule has 5 heteroatoms. The maximum Gasteiger partial charge on any atom is 0.131 e. The number of nitrogens with one attached hydrogen (secondary N) is 1. The Bertz CT molecular complexity index is 463. The lowest BCUT2D eigenvalue weighted by Gasteiger charge is -2.15. The van der Waals surface area contributed by atoms with Crippen LogP contribution in [0.2, 0.25) is 0 Å². The third kappa shape index (κ3) is 1.95. The lowest BCUT2D eigenvalue weighted by atomic mass is 10.1. The fourth-order valence-corrected chi connectivity index (χ4v) is 1.63. The zero-order valence-electron chi connectivity index (χ0n) is 8.89. The first-order chi connectivity index (χ1) is 7.72. The van der Waals surface area contributed by atoms with Crippen LogP contribution in [0.1, 0.15) is 17.4 Å². The maximum atomic E-state index is 12.8. The lowest BCUT2D eigenvalue weighted by Crippen LogP contribution is -2.30. The van der Waals surface area contributed by atoms with Crippen molar-refractivity contribution in [3.63, 3.8) is 0 Å². The Morgan fingerprint density at radius 1 is 1.38 bits per heavy atom. The van der Waals surface area contributed by atoms with Crippen LogP contribution in [0.4, 0.5) is 4.39 Å². The standard InChI is InChI=1S/C11H13FN4/c1-16-7-6-14-11(16)10(15-13)8-2-4-9(12)5-3-8/h2-7,10,15H,13H2,1H3.